The van der Waals surface area contributed by atoms with Crippen LogP contribution in [0.15, 0.2) is 23.1 Å². The largest absolute Gasteiger partial charge is 0.290 e. The molecule has 0 aromatic rings. The fourth-order valence-electron chi connectivity index (χ4n) is 2.10. The average molecular weight is 238 g/mol. The molecule has 0 saturated heterocycles. The van der Waals surface area contributed by atoms with Crippen LogP contribution in [0.25, 0.3) is 0 Å². The quantitative estimate of drug-likeness (QED) is 0.687. The summed E-state index contributed by atoms with van der Waals surface area (Å²) < 4.78 is 12.1. The second kappa shape index (κ2) is 4.87. The molecule has 0 aromatic carbocycles. The second-order valence-electron chi connectivity index (χ2n) is 4.17. The number of hydrogen-bond acceptors (Lipinski definition) is 3. The fraction of sp³-hybridized carbons (Fsp3) is 0.500. The molecule has 0 spiro atoms. The molecule has 16 heavy (non-hydrogen) atoms. The Labute approximate surface area is 97.1 Å². The molecule has 0 radical (unpaired) electrons. The summed E-state index contributed by atoms with van der Waals surface area (Å²) in [5.41, 5.74) is 0. The van der Waals surface area contributed by atoms with Gasteiger partial charge in [0.15, 0.2) is 11.6 Å². The van der Waals surface area contributed by atoms with E-state index in [1.807, 2.05) is 0 Å². The maximum Gasteiger partial charge on any atom is 0.194 e. The van der Waals surface area contributed by atoms with Gasteiger partial charge in [0.05, 0.1) is 15.7 Å². The molecule has 1 saturated carbocycles. The summed E-state index contributed by atoms with van der Waals surface area (Å²) in [6.45, 7) is 0. The van der Waals surface area contributed by atoms with Crippen LogP contribution in [-0.2, 0) is 20.4 Å². The van der Waals surface area contributed by atoms with Crippen molar-refractivity contribution in [3.8, 4) is 0 Å². The van der Waals surface area contributed by atoms with E-state index in [-0.39, 0.29) is 21.7 Å². The Balaban J connectivity index is 2.14. The molecule has 3 nitrogen and oxygen atoms in total. The van der Waals surface area contributed by atoms with Crippen molar-refractivity contribution in [3.05, 3.63) is 23.1 Å². The molecule has 2 aliphatic carbocycles. The Morgan fingerprint density at radius 2 is 1.75 bits per heavy atom. The Morgan fingerprint density at radius 1 is 1.06 bits per heavy atom. The van der Waals surface area contributed by atoms with Gasteiger partial charge in [-0.3, -0.25) is 13.8 Å². The molecular formula is C12H14O3S. The monoisotopic (exact) mass is 238 g/mol. The Bertz CT molecular complexity index is 400. The van der Waals surface area contributed by atoms with Crippen molar-refractivity contribution in [2.75, 3.05) is 0 Å². The predicted molar refractivity (Wildman–Crippen MR) is 62.3 cm³/mol. The predicted octanol–water partition coefficient (Wildman–Crippen LogP) is 1.66. The summed E-state index contributed by atoms with van der Waals surface area (Å²) in [7, 11) is -1.30. The van der Waals surface area contributed by atoms with Crippen LogP contribution in [0.3, 0.4) is 0 Å². The molecule has 0 aliphatic heterocycles. The maximum absolute atomic E-state index is 12.1. The van der Waals surface area contributed by atoms with Gasteiger partial charge in [-0.25, -0.2) is 0 Å². The van der Waals surface area contributed by atoms with Crippen LogP contribution >= 0.6 is 0 Å². The Morgan fingerprint density at radius 3 is 2.44 bits per heavy atom. The molecule has 2 rings (SSSR count). The maximum atomic E-state index is 12.1. The first-order valence-corrected chi connectivity index (χ1v) is 6.78. The molecule has 2 aliphatic rings. The van der Waals surface area contributed by atoms with Gasteiger partial charge in [0.1, 0.15) is 0 Å². The zero-order valence-corrected chi connectivity index (χ0v) is 9.79. The lowest BCUT2D eigenvalue weighted by molar-refractivity contribution is -0.114. The van der Waals surface area contributed by atoms with Crippen LogP contribution in [0.4, 0.5) is 0 Å². The van der Waals surface area contributed by atoms with Gasteiger partial charge in [0.2, 0.25) is 0 Å². The third-order valence-corrected chi connectivity index (χ3v) is 4.82. The molecule has 86 valence electrons. The van der Waals surface area contributed by atoms with Crippen LogP contribution in [0.5, 0.6) is 0 Å². The smallest absolute Gasteiger partial charge is 0.194 e. The first-order chi connectivity index (χ1) is 7.68. The third kappa shape index (κ3) is 2.38. The molecule has 4 heteroatoms. The fourth-order valence-corrected chi connectivity index (χ4v) is 3.72. The van der Waals surface area contributed by atoms with Crippen LogP contribution in [-0.4, -0.2) is 21.0 Å². The number of carbonyl (C=O) groups is 2. The standard InChI is InChI=1S/C12H14O3S/c13-9-6-7-11(14)12(8-9)16(15)10-4-2-1-3-5-10/h6-8,10H,1-5H2. The molecule has 1 atom stereocenters. The molecule has 0 N–H and O–H groups in total. The summed E-state index contributed by atoms with van der Waals surface area (Å²) in [6.07, 6.45) is 8.79. The van der Waals surface area contributed by atoms with Gasteiger partial charge >= 0.3 is 0 Å². The molecule has 0 amide bonds. The molecule has 1 unspecified atom stereocenters. The van der Waals surface area contributed by atoms with Crippen molar-refractivity contribution in [3.63, 3.8) is 0 Å². The summed E-state index contributed by atoms with van der Waals surface area (Å²) in [5, 5.41) is 0.0586. The van der Waals surface area contributed by atoms with E-state index in [0.29, 0.717) is 0 Å². The van der Waals surface area contributed by atoms with E-state index in [9.17, 15) is 13.8 Å². The Hall–Kier alpha value is -1.03. The van der Waals surface area contributed by atoms with Crippen molar-refractivity contribution < 1.29 is 13.8 Å². The van der Waals surface area contributed by atoms with E-state index in [1.165, 1.54) is 24.6 Å². The van der Waals surface area contributed by atoms with Gasteiger partial charge < -0.3 is 0 Å². The number of allylic oxidation sites excluding steroid dienone is 4. The van der Waals surface area contributed by atoms with Crippen molar-refractivity contribution >= 4 is 22.4 Å². The lowest BCUT2D eigenvalue weighted by atomic mass is 10.0. The van der Waals surface area contributed by atoms with Crippen LogP contribution in [0, 0.1) is 0 Å². The minimum Gasteiger partial charge on any atom is -0.290 e. The highest BCUT2D eigenvalue weighted by molar-refractivity contribution is 7.90. The highest BCUT2D eigenvalue weighted by Crippen LogP contribution is 2.26. The lowest BCUT2D eigenvalue weighted by Crippen LogP contribution is -2.24. The second-order valence-corrected chi connectivity index (χ2v) is 5.87. The van der Waals surface area contributed by atoms with E-state index >= 15 is 0 Å². The Kier molecular flexibility index (Phi) is 3.49. The van der Waals surface area contributed by atoms with E-state index in [0.717, 1.165) is 25.7 Å². The minimum atomic E-state index is -1.30. The molecule has 0 bridgehead atoms. The highest BCUT2D eigenvalue weighted by atomic mass is 32.2. The molecular weight excluding hydrogens is 224 g/mol. The first kappa shape index (κ1) is 11.5. The van der Waals surface area contributed by atoms with Gasteiger partial charge in [-0.15, -0.1) is 0 Å². The van der Waals surface area contributed by atoms with Crippen LogP contribution in [0.1, 0.15) is 32.1 Å². The molecule has 0 heterocycles. The van der Waals surface area contributed by atoms with Gasteiger partial charge in [0, 0.05) is 11.3 Å². The summed E-state index contributed by atoms with van der Waals surface area (Å²) in [6, 6.07) is 0. The molecule has 0 aromatic heterocycles. The van der Waals surface area contributed by atoms with Crippen molar-refractivity contribution in [1.82, 2.24) is 0 Å². The number of hydrogen-bond donors (Lipinski definition) is 0. The number of carbonyl (C=O) groups excluding carboxylic acids is 2. The third-order valence-electron chi connectivity index (χ3n) is 2.99. The van der Waals surface area contributed by atoms with E-state index < -0.39 is 10.8 Å². The highest BCUT2D eigenvalue weighted by Gasteiger charge is 2.27. The van der Waals surface area contributed by atoms with E-state index in [2.05, 4.69) is 0 Å². The van der Waals surface area contributed by atoms with Crippen LogP contribution in [0.2, 0.25) is 0 Å². The van der Waals surface area contributed by atoms with Gasteiger partial charge in [-0.2, -0.15) is 0 Å². The zero-order valence-electron chi connectivity index (χ0n) is 8.98. The van der Waals surface area contributed by atoms with E-state index in [4.69, 9.17) is 0 Å². The lowest BCUT2D eigenvalue weighted by Gasteiger charge is -2.21. The van der Waals surface area contributed by atoms with E-state index in [1.54, 1.807) is 0 Å². The summed E-state index contributed by atoms with van der Waals surface area (Å²) >= 11 is 0. The van der Waals surface area contributed by atoms with Gasteiger partial charge in [-0.05, 0) is 25.0 Å². The van der Waals surface area contributed by atoms with Crippen LogP contribution < -0.4 is 0 Å². The van der Waals surface area contributed by atoms with Crippen molar-refractivity contribution in [2.24, 2.45) is 0 Å². The van der Waals surface area contributed by atoms with Crippen molar-refractivity contribution in [2.45, 2.75) is 37.4 Å². The first-order valence-electron chi connectivity index (χ1n) is 5.57. The normalized spacial score (nSPS) is 24.4. The number of rotatable bonds is 2. The molecule has 1 fully saturated rings. The number of ketones is 2. The zero-order chi connectivity index (χ0) is 11.5. The van der Waals surface area contributed by atoms with Gasteiger partial charge in [0.25, 0.3) is 0 Å². The summed E-state index contributed by atoms with van der Waals surface area (Å²) in [5.74, 6) is -0.512. The summed E-state index contributed by atoms with van der Waals surface area (Å²) in [4.78, 5) is 22.9. The topological polar surface area (TPSA) is 51.2 Å². The van der Waals surface area contributed by atoms with Crippen molar-refractivity contribution in [1.29, 1.82) is 0 Å². The average Bonchev–Trinajstić information content (AvgIpc) is 2.32. The minimum absolute atomic E-state index is 0.0586. The van der Waals surface area contributed by atoms with Gasteiger partial charge in [-0.1, -0.05) is 19.3 Å². The SMILES string of the molecule is O=C1C=CC(=O)C(S(=O)C2CCCCC2)=C1.